The molecular weight excluding hydrogens is 251 g/mol. The number of fused-ring (bicyclic) bond motifs is 2. The number of nitrogens with one attached hydrogen (secondary N) is 1. The highest BCUT2D eigenvalue weighted by Crippen LogP contribution is 2.46. The zero-order valence-corrected chi connectivity index (χ0v) is 10.7. The standard InChI is InChI=1S/C15H18F3N/c16-15(17,18)14(11-4-2-1-3-5-11)19-13-9-10-6-7-12(13)8-10/h1-5,10,12-14,19H,6-9H2. The molecule has 4 atom stereocenters. The van der Waals surface area contributed by atoms with Gasteiger partial charge in [-0.3, -0.25) is 5.32 Å². The summed E-state index contributed by atoms with van der Waals surface area (Å²) in [6.07, 6.45) is 0.0663. The molecule has 0 aromatic heterocycles. The first-order valence-corrected chi connectivity index (χ1v) is 6.92. The van der Waals surface area contributed by atoms with E-state index >= 15 is 0 Å². The molecule has 0 amide bonds. The summed E-state index contributed by atoms with van der Waals surface area (Å²) in [6, 6.07) is 6.68. The minimum absolute atomic E-state index is 0.0329. The van der Waals surface area contributed by atoms with E-state index in [0.717, 1.165) is 19.3 Å². The molecule has 2 aliphatic rings. The van der Waals surface area contributed by atoms with Crippen LogP contribution < -0.4 is 5.32 Å². The lowest BCUT2D eigenvalue weighted by atomic mass is 9.93. The molecule has 2 saturated carbocycles. The topological polar surface area (TPSA) is 12.0 Å². The Balaban J connectivity index is 1.77. The Hall–Kier alpha value is -1.03. The fraction of sp³-hybridized carbons (Fsp3) is 0.600. The highest BCUT2D eigenvalue weighted by molar-refractivity contribution is 5.21. The monoisotopic (exact) mass is 269 g/mol. The molecule has 2 aliphatic carbocycles. The molecule has 1 N–H and O–H groups in total. The molecule has 4 unspecified atom stereocenters. The van der Waals surface area contributed by atoms with Crippen molar-refractivity contribution in [3.8, 4) is 0 Å². The zero-order valence-electron chi connectivity index (χ0n) is 10.7. The summed E-state index contributed by atoms with van der Waals surface area (Å²) in [6.45, 7) is 0. The highest BCUT2D eigenvalue weighted by Gasteiger charge is 2.46. The SMILES string of the molecule is FC(F)(F)C(NC1CC2CCC1C2)c1ccccc1. The minimum Gasteiger partial charge on any atom is -0.299 e. The number of alkyl halides is 3. The number of rotatable bonds is 3. The Labute approximate surface area is 111 Å². The lowest BCUT2D eigenvalue weighted by molar-refractivity contribution is -0.160. The van der Waals surface area contributed by atoms with Gasteiger partial charge in [-0.2, -0.15) is 13.2 Å². The van der Waals surface area contributed by atoms with Crippen LogP contribution in [-0.4, -0.2) is 12.2 Å². The molecule has 1 nitrogen and oxygen atoms in total. The van der Waals surface area contributed by atoms with E-state index in [1.807, 2.05) is 0 Å². The molecule has 104 valence electrons. The molecule has 0 saturated heterocycles. The van der Waals surface area contributed by atoms with Gasteiger partial charge in [0.1, 0.15) is 6.04 Å². The third-order valence-electron chi connectivity index (χ3n) is 4.58. The van der Waals surface area contributed by atoms with Crippen LogP contribution in [0.4, 0.5) is 13.2 Å². The lowest BCUT2D eigenvalue weighted by Crippen LogP contribution is -2.43. The summed E-state index contributed by atoms with van der Waals surface area (Å²) in [5.74, 6) is 1.09. The molecule has 2 fully saturated rings. The molecule has 0 radical (unpaired) electrons. The molecule has 1 aromatic carbocycles. The maximum Gasteiger partial charge on any atom is 0.407 e. The van der Waals surface area contributed by atoms with E-state index < -0.39 is 12.2 Å². The number of hydrogen-bond acceptors (Lipinski definition) is 1. The van der Waals surface area contributed by atoms with Gasteiger partial charge < -0.3 is 0 Å². The van der Waals surface area contributed by atoms with E-state index in [9.17, 15) is 13.2 Å². The van der Waals surface area contributed by atoms with Crippen molar-refractivity contribution in [1.29, 1.82) is 0 Å². The first-order valence-electron chi connectivity index (χ1n) is 6.92. The second-order valence-electron chi connectivity index (χ2n) is 5.83. The third-order valence-corrected chi connectivity index (χ3v) is 4.58. The van der Waals surface area contributed by atoms with Crippen molar-refractivity contribution >= 4 is 0 Å². The van der Waals surface area contributed by atoms with Gasteiger partial charge in [-0.15, -0.1) is 0 Å². The fourth-order valence-electron chi connectivity index (χ4n) is 3.69. The van der Waals surface area contributed by atoms with E-state index in [1.54, 1.807) is 30.3 Å². The van der Waals surface area contributed by atoms with Gasteiger partial charge in [0.15, 0.2) is 0 Å². The Morgan fingerprint density at radius 3 is 2.32 bits per heavy atom. The van der Waals surface area contributed by atoms with Crippen LogP contribution in [0, 0.1) is 11.8 Å². The molecule has 19 heavy (non-hydrogen) atoms. The molecule has 2 bridgehead atoms. The van der Waals surface area contributed by atoms with Crippen LogP contribution in [0.25, 0.3) is 0 Å². The molecule has 1 aromatic rings. The Kier molecular flexibility index (Phi) is 3.29. The Bertz CT molecular complexity index is 429. The summed E-state index contributed by atoms with van der Waals surface area (Å²) in [5.41, 5.74) is 0.317. The van der Waals surface area contributed by atoms with Gasteiger partial charge in [-0.05, 0) is 36.7 Å². The third kappa shape index (κ3) is 2.64. The van der Waals surface area contributed by atoms with E-state index in [-0.39, 0.29) is 6.04 Å². The van der Waals surface area contributed by atoms with E-state index in [2.05, 4.69) is 5.32 Å². The van der Waals surface area contributed by atoms with Crippen molar-refractivity contribution in [2.45, 2.75) is 43.9 Å². The Morgan fingerprint density at radius 1 is 1.05 bits per heavy atom. The van der Waals surface area contributed by atoms with Gasteiger partial charge >= 0.3 is 6.18 Å². The van der Waals surface area contributed by atoms with Gasteiger partial charge in [-0.1, -0.05) is 36.8 Å². The van der Waals surface area contributed by atoms with E-state index in [1.165, 1.54) is 6.42 Å². The molecule has 3 rings (SSSR count). The second-order valence-corrected chi connectivity index (χ2v) is 5.83. The van der Waals surface area contributed by atoms with Crippen molar-refractivity contribution in [2.24, 2.45) is 11.8 Å². The molecular formula is C15H18F3N. The molecule has 0 spiro atoms. The lowest BCUT2D eigenvalue weighted by Gasteiger charge is -2.30. The van der Waals surface area contributed by atoms with Crippen molar-refractivity contribution in [1.82, 2.24) is 5.32 Å². The maximum absolute atomic E-state index is 13.2. The largest absolute Gasteiger partial charge is 0.407 e. The number of hydrogen-bond donors (Lipinski definition) is 1. The highest BCUT2D eigenvalue weighted by atomic mass is 19.4. The first-order chi connectivity index (χ1) is 9.04. The predicted molar refractivity (Wildman–Crippen MR) is 67.6 cm³/mol. The van der Waals surface area contributed by atoms with Crippen molar-refractivity contribution in [3.63, 3.8) is 0 Å². The van der Waals surface area contributed by atoms with Gasteiger partial charge in [-0.25, -0.2) is 0 Å². The van der Waals surface area contributed by atoms with E-state index in [4.69, 9.17) is 0 Å². The zero-order chi connectivity index (χ0) is 13.5. The van der Waals surface area contributed by atoms with Gasteiger partial charge in [0.2, 0.25) is 0 Å². The summed E-state index contributed by atoms with van der Waals surface area (Å²) in [5, 5.41) is 2.88. The van der Waals surface area contributed by atoms with Crippen LogP contribution in [0.3, 0.4) is 0 Å². The summed E-state index contributed by atoms with van der Waals surface area (Å²) < 4.78 is 39.7. The van der Waals surface area contributed by atoms with Crippen LogP contribution in [0.5, 0.6) is 0 Å². The average molecular weight is 269 g/mol. The Morgan fingerprint density at radius 2 is 1.79 bits per heavy atom. The fourth-order valence-corrected chi connectivity index (χ4v) is 3.69. The summed E-state index contributed by atoms with van der Waals surface area (Å²) in [4.78, 5) is 0. The van der Waals surface area contributed by atoms with Crippen LogP contribution in [-0.2, 0) is 0 Å². The maximum atomic E-state index is 13.2. The quantitative estimate of drug-likeness (QED) is 0.872. The van der Waals surface area contributed by atoms with Crippen LogP contribution in [0.2, 0.25) is 0 Å². The number of halogens is 3. The van der Waals surface area contributed by atoms with Crippen LogP contribution in [0.1, 0.15) is 37.3 Å². The van der Waals surface area contributed by atoms with Gasteiger partial charge in [0, 0.05) is 6.04 Å². The van der Waals surface area contributed by atoms with Gasteiger partial charge in [0.25, 0.3) is 0 Å². The van der Waals surface area contributed by atoms with Crippen LogP contribution >= 0.6 is 0 Å². The predicted octanol–water partition coefficient (Wildman–Crippen LogP) is 4.07. The summed E-state index contributed by atoms with van der Waals surface area (Å²) in [7, 11) is 0. The van der Waals surface area contributed by atoms with Gasteiger partial charge in [0.05, 0.1) is 0 Å². The van der Waals surface area contributed by atoms with Crippen molar-refractivity contribution in [2.75, 3.05) is 0 Å². The number of benzene rings is 1. The molecule has 0 aliphatic heterocycles. The van der Waals surface area contributed by atoms with E-state index in [0.29, 0.717) is 17.4 Å². The first kappa shape index (κ1) is 13.0. The molecule has 0 heterocycles. The second kappa shape index (κ2) is 4.82. The summed E-state index contributed by atoms with van der Waals surface area (Å²) >= 11 is 0. The smallest absolute Gasteiger partial charge is 0.299 e. The average Bonchev–Trinajstić information content (AvgIpc) is 2.97. The van der Waals surface area contributed by atoms with Crippen molar-refractivity contribution in [3.05, 3.63) is 35.9 Å². The minimum atomic E-state index is -4.23. The molecule has 4 heteroatoms. The van der Waals surface area contributed by atoms with Crippen LogP contribution in [0.15, 0.2) is 30.3 Å². The van der Waals surface area contributed by atoms with Crippen molar-refractivity contribution < 1.29 is 13.2 Å². The normalized spacial score (nSPS) is 31.6.